The number of nitrogens with one attached hydrogen (secondary N) is 2. The van der Waals surface area contributed by atoms with Gasteiger partial charge >= 0.3 is 5.91 Å². The summed E-state index contributed by atoms with van der Waals surface area (Å²) in [6.45, 7) is 1.72. The van der Waals surface area contributed by atoms with Crippen LogP contribution < -0.4 is 16.1 Å². The highest BCUT2D eigenvalue weighted by Crippen LogP contribution is 2.31. The number of anilines is 1. The molecular weight excluding hydrogens is 382 g/mol. The zero-order valence-corrected chi connectivity index (χ0v) is 14.8. The summed E-state index contributed by atoms with van der Waals surface area (Å²) >= 11 is 23.6. The quantitative estimate of drug-likeness (QED) is 0.472. The summed E-state index contributed by atoms with van der Waals surface area (Å²) in [6, 6.07) is 7.06. The van der Waals surface area contributed by atoms with Crippen molar-refractivity contribution < 1.29 is 9.78 Å². The Hall–Kier alpha value is -1.53. The summed E-state index contributed by atoms with van der Waals surface area (Å²) in [6.07, 6.45) is 0. The van der Waals surface area contributed by atoms with E-state index in [0.29, 0.717) is 10.7 Å². The second kappa shape index (κ2) is 7.36. The summed E-state index contributed by atoms with van der Waals surface area (Å²) in [7, 11) is 0. The van der Waals surface area contributed by atoms with E-state index in [1.54, 1.807) is 25.1 Å². The fourth-order valence-electron chi connectivity index (χ4n) is 1.69. The molecule has 0 spiro atoms. The molecule has 0 unspecified atom stereocenters. The monoisotopic (exact) mass is 391 g/mol. The summed E-state index contributed by atoms with van der Waals surface area (Å²) in [5, 5.41) is 4.59. The maximum absolute atomic E-state index is 12.2. The molecule has 23 heavy (non-hydrogen) atoms. The Morgan fingerprint density at radius 1 is 1.22 bits per heavy atom. The van der Waals surface area contributed by atoms with Crippen LogP contribution in [0.5, 0.6) is 0 Å². The lowest BCUT2D eigenvalue weighted by atomic mass is 10.1. The number of halogens is 4. The molecule has 1 amide bonds. The third-order valence-electron chi connectivity index (χ3n) is 2.91. The number of carbonyl (C=O) groups is 1. The van der Waals surface area contributed by atoms with Crippen molar-refractivity contribution in [2.75, 3.05) is 5.73 Å². The first-order chi connectivity index (χ1) is 10.8. The van der Waals surface area contributed by atoms with Gasteiger partial charge in [-0.15, -0.1) is 0 Å². The molecule has 0 atom stereocenters. The van der Waals surface area contributed by atoms with Gasteiger partial charge in [-0.05, 0) is 36.2 Å². The predicted octanol–water partition coefficient (Wildman–Crippen LogP) is 3.85. The second-order valence-corrected chi connectivity index (χ2v) is 6.07. The van der Waals surface area contributed by atoms with Crippen LogP contribution in [0.2, 0.25) is 20.2 Å². The fraction of sp³-hybridized carbons (Fsp3) is 0.0714. The molecule has 1 heterocycles. The molecular formula is C14H11Cl4N4O+. The Labute approximate surface area is 152 Å². The first-order valence-corrected chi connectivity index (χ1v) is 7.78. The van der Waals surface area contributed by atoms with Gasteiger partial charge in [-0.25, -0.2) is 5.43 Å². The molecule has 1 aromatic carbocycles. The topological polar surface area (TPSA) is 81.6 Å². The lowest BCUT2D eigenvalue weighted by Crippen LogP contribution is -2.29. The smallest absolute Gasteiger partial charge is 0.337 e. The number of hydrogen-bond donors (Lipinski definition) is 2. The summed E-state index contributed by atoms with van der Waals surface area (Å²) in [5.74, 6) is -0.610. The van der Waals surface area contributed by atoms with Gasteiger partial charge < -0.3 is 5.73 Å². The van der Waals surface area contributed by atoms with E-state index in [2.05, 4.69) is 15.5 Å². The number of nitrogen functional groups attached to an aromatic ring is 1. The highest BCUT2D eigenvalue weighted by molar-refractivity contribution is 6.45. The SMILES string of the molecule is C/C(=N/NC(=O)c1[nH+]c(Cl)c(Cl)c(N)c1Cl)c1cccc(Cl)c1. The molecule has 9 heteroatoms. The summed E-state index contributed by atoms with van der Waals surface area (Å²) in [5.41, 5.74) is 9.35. The van der Waals surface area contributed by atoms with E-state index in [4.69, 9.17) is 52.1 Å². The van der Waals surface area contributed by atoms with Gasteiger partial charge in [-0.3, -0.25) is 4.79 Å². The van der Waals surface area contributed by atoms with Crippen LogP contribution in [0.25, 0.3) is 0 Å². The Balaban J connectivity index is 2.25. The van der Waals surface area contributed by atoms with Crippen molar-refractivity contribution in [1.29, 1.82) is 0 Å². The normalized spacial score (nSPS) is 11.4. The molecule has 0 saturated carbocycles. The van der Waals surface area contributed by atoms with E-state index in [-0.39, 0.29) is 26.6 Å². The maximum Gasteiger partial charge on any atom is 0.337 e. The van der Waals surface area contributed by atoms with E-state index < -0.39 is 5.91 Å². The van der Waals surface area contributed by atoms with Gasteiger partial charge in [0.05, 0.1) is 11.4 Å². The molecule has 0 saturated heterocycles. The molecule has 0 fully saturated rings. The summed E-state index contributed by atoms with van der Waals surface area (Å²) in [4.78, 5) is 14.7. The standard InChI is InChI=1S/C14H10Cl4N4O/c1-6(7-3-2-4-8(15)5-7)21-22-14(23)12-9(16)11(19)10(17)13(18)20-12/h2-5H,1H3,(H2,19,20)(H,22,23)/p+1/b21-6-. The van der Waals surface area contributed by atoms with Crippen LogP contribution >= 0.6 is 46.4 Å². The second-order valence-electron chi connectivity index (χ2n) is 4.50. The lowest BCUT2D eigenvalue weighted by molar-refractivity contribution is -0.379. The van der Waals surface area contributed by atoms with Gasteiger partial charge in [0.25, 0.3) is 10.8 Å². The third kappa shape index (κ3) is 4.06. The van der Waals surface area contributed by atoms with Gasteiger partial charge in [-0.1, -0.05) is 46.9 Å². The van der Waals surface area contributed by atoms with Gasteiger partial charge in [0.15, 0.2) is 0 Å². The summed E-state index contributed by atoms with van der Waals surface area (Å²) < 4.78 is 0. The average Bonchev–Trinajstić information content (AvgIpc) is 2.53. The minimum Gasteiger partial charge on any atom is -0.396 e. The highest BCUT2D eigenvalue weighted by Gasteiger charge is 2.25. The minimum absolute atomic E-state index is 0.00857. The molecule has 4 N–H and O–H groups in total. The van der Waals surface area contributed by atoms with Crippen molar-refractivity contribution in [2.24, 2.45) is 5.10 Å². The number of aromatic nitrogens is 1. The molecule has 1 aromatic heterocycles. The molecule has 5 nitrogen and oxygen atoms in total. The molecule has 120 valence electrons. The van der Waals surface area contributed by atoms with Crippen LogP contribution in [0.15, 0.2) is 29.4 Å². The molecule has 0 bridgehead atoms. The van der Waals surface area contributed by atoms with Crippen molar-refractivity contribution >= 4 is 63.7 Å². The zero-order valence-electron chi connectivity index (χ0n) is 11.8. The Morgan fingerprint density at radius 2 is 1.91 bits per heavy atom. The molecule has 0 aliphatic rings. The van der Waals surface area contributed by atoms with Crippen LogP contribution in [0.4, 0.5) is 5.69 Å². The van der Waals surface area contributed by atoms with Crippen LogP contribution in [-0.4, -0.2) is 11.6 Å². The largest absolute Gasteiger partial charge is 0.396 e. The van der Waals surface area contributed by atoms with Crippen LogP contribution in [-0.2, 0) is 0 Å². The number of pyridine rings is 1. The number of aromatic amines is 1. The molecule has 2 aromatic rings. The molecule has 0 aliphatic carbocycles. The van der Waals surface area contributed by atoms with E-state index in [9.17, 15) is 4.79 Å². The fourth-order valence-corrected chi connectivity index (χ4v) is 2.50. The Bertz CT molecular complexity index is 808. The van der Waals surface area contributed by atoms with Crippen molar-refractivity contribution in [1.82, 2.24) is 5.43 Å². The first kappa shape index (κ1) is 17.8. The van der Waals surface area contributed by atoms with Crippen LogP contribution in [0.3, 0.4) is 0 Å². The maximum atomic E-state index is 12.2. The van der Waals surface area contributed by atoms with Crippen molar-refractivity contribution in [3.63, 3.8) is 0 Å². The van der Waals surface area contributed by atoms with E-state index in [1.165, 1.54) is 0 Å². The molecule has 0 radical (unpaired) electrons. The molecule has 0 aliphatic heterocycles. The van der Waals surface area contributed by atoms with Gasteiger partial charge in [0.1, 0.15) is 10.0 Å². The number of rotatable bonds is 3. The van der Waals surface area contributed by atoms with E-state index >= 15 is 0 Å². The van der Waals surface area contributed by atoms with Crippen molar-refractivity contribution in [2.45, 2.75) is 6.92 Å². The Kier molecular flexibility index (Phi) is 5.70. The zero-order chi connectivity index (χ0) is 17.1. The number of benzene rings is 1. The number of amides is 1. The molecule has 2 rings (SSSR count). The lowest BCUT2D eigenvalue weighted by Gasteiger charge is -2.04. The number of nitrogens with zero attached hydrogens (tertiary/aromatic N) is 1. The number of H-pyrrole nitrogens is 1. The van der Waals surface area contributed by atoms with Gasteiger partial charge in [0, 0.05) is 5.02 Å². The Morgan fingerprint density at radius 3 is 2.57 bits per heavy atom. The van der Waals surface area contributed by atoms with E-state index in [0.717, 1.165) is 5.56 Å². The van der Waals surface area contributed by atoms with Crippen molar-refractivity contribution in [3.8, 4) is 0 Å². The first-order valence-electron chi connectivity index (χ1n) is 6.27. The van der Waals surface area contributed by atoms with Crippen LogP contribution in [0, 0.1) is 0 Å². The van der Waals surface area contributed by atoms with Crippen molar-refractivity contribution in [3.05, 3.63) is 55.7 Å². The van der Waals surface area contributed by atoms with Gasteiger partial charge in [0.2, 0.25) is 0 Å². The predicted molar refractivity (Wildman–Crippen MR) is 93.6 cm³/mol. The van der Waals surface area contributed by atoms with E-state index in [1.807, 2.05) is 6.07 Å². The average molecular weight is 393 g/mol. The minimum atomic E-state index is -0.610. The highest BCUT2D eigenvalue weighted by atomic mass is 35.5. The number of hydrogen-bond acceptors (Lipinski definition) is 3. The number of carbonyl (C=O) groups excluding carboxylic acids is 1. The van der Waals surface area contributed by atoms with Crippen LogP contribution in [0.1, 0.15) is 23.0 Å². The number of nitrogens with two attached hydrogens (primary N) is 1. The van der Waals surface area contributed by atoms with Gasteiger partial charge in [-0.2, -0.15) is 10.1 Å². The number of hydrazone groups is 1. The third-order valence-corrected chi connectivity index (χ3v) is 4.31.